The number of nitrogens with zero attached hydrogens (tertiary/aromatic N) is 2. The molecule has 0 fully saturated rings. The second-order valence-corrected chi connectivity index (χ2v) is 13.3. The summed E-state index contributed by atoms with van der Waals surface area (Å²) in [5, 5.41) is 6.73. The zero-order valence-electron chi connectivity index (χ0n) is 25.9. The minimum atomic E-state index is 0.369. The number of benzene rings is 1. The lowest BCUT2D eigenvalue weighted by atomic mass is 9.81. The molecule has 0 bridgehead atoms. The number of likely N-dealkylation sites (N-methyl/N-ethyl adjacent to an activating group) is 1. The molecule has 2 atom stereocenters. The summed E-state index contributed by atoms with van der Waals surface area (Å²) >= 11 is 0. The van der Waals surface area contributed by atoms with E-state index in [1.54, 1.807) is 11.1 Å². The van der Waals surface area contributed by atoms with Crippen LogP contribution in [0.15, 0.2) is 106 Å². The predicted octanol–water partition coefficient (Wildman–Crippen LogP) is 7.37. The van der Waals surface area contributed by atoms with E-state index in [1.807, 2.05) is 0 Å². The summed E-state index contributed by atoms with van der Waals surface area (Å²) in [5.41, 5.74) is 14.5. The van der Waals surface area contributed by atoms with Crippen LogP contribution in [0.4, 0.5) is 0 Å². The Hall–Kier alpha value is -3.98. The second-order valence-electron chi connectivity index (χ2n) is 13.3. The molecule has 0 saturated heterocycles. The molecule has 43 heavy (non-hydrogen) atoms. The van der Waals surface area contributed by atoms with E-state index in [9.17, 15) is 0 Å². The van der Waals surface area contributed by atoms with Crippen LogP contribution in [0.1, 0.15) is 70.1 Å². The molecule has 0 radical (unpaired) electrons. The van der Waals surface area contributed by atoms with Crippen LogP contribution in [-0.4, -0.2) is 22.6 Å². The van der Waals surface area contributed by atoms with Crippen LogP contribution < -0.4 is 15.9 Å². The van der Waals surface area contributed by atoms with Crippen molar-refractivity contribution in [2.24, 2.45) is 11.8 Å². The number of para-hydroxylation sites is 1. The quantitative estimate of drug-likeness (QED) is 0.409. The maximum absolute atomic E-state index is 3.89. The van der Waals surface area contributed by atoms with Crippen molar-refractivity contribution in [3.63, 3.8) is 0 Å². The van der Waals surface area contributed by atoms with Crippen molar-refractivity contribution < 1.29 is 0 Å². The molecule has 6 aliphatic rings. The highest BCUT2D eigenvalue weighted by Crippen LogP contribution is 2.42. The summed E-state index contributed by atoms with van der Waals surface area (Å²) in [6, 6.07) is 11.3. The standard InChI is InChI=1S/C40H43N3/c1-26(2)27-10-9-13-31(22-27)42(3)32-18-20-38-35(25-32)34-23-28(16-19-37(34)41-38)29-17-21-40-36(24-29)33-14-7-8-15-39(33)43(40)30-11-5-4-6-12-30/h4-6,10-12,14-15,18,20,22-26,35,38,41H,7-9,13,16-17,19,21H2,1-3H3. The maximum Gasteiger partial charge on any atom is 0.0550 e. The molecule has 5 aliphatic carbocycles. The van der Waals surface area contributed by atoms with Crippen LogP contribution in [0.3, 0.4) is 0 Å². The van der Waals surface area contributed by atoms with E-state index in [4.69, 9.17) is 0 Å². The minimum absolute atomic E-state index is 0.369. The van der Waals surface area contributed by atoms with Crippen molar-refractivity contribution in [3.8, 4) is 5.69 Å². The fraction of sp³-hybridized carbons (Fsp3) is 0.350. The molecule has 1 N–H and O–H groups in total. The van der Waals surface area contributed by atoms with Crippen LogP contribution in [0.25, 0.3) is 23.9 Å². The van der Waals surface area contributed by atoms with Gasteiger partial charge in [-0.15, -0.1) is 0 Å². The molecule has 0 spiro atoms. The monoisotopic (exact) mass is 565 g/mol. The van der Waals surface area contributed by atoms with Gasteiger partial charge in [-0.05, 0) is 110 Å². The Morgan fingerprint density at radius 2 is 1.67 bits per heavy atom. The molecule has 8 rings (SSSR count). The number of aromatic nitrogens is 1. The van der Waals surface area contributed by atoms with Crippen LogP contribution >= 0.6 is 0 Å². The van der Waals surface area contributed by atoms with Gasteiger partial charge >= 0.3 is 0 Å². The van der Waals surface area contributed by atoms with E-state index in [0.29, 0.717) is 17.9 Å². The third kappa shape index (κ3) is 4.56. The molecule has 3 nitrogen and oxygen atoms in total. The fourth-order valence-electron chi connectivity index (χ4n) is 8.09. The topological polar surface area (TPSA) is 20.2 Å². The van der Waals surface area contributed by atoms with Gasteiger partial charge in [0.05, 0.1) is 6.04 Å². The van der Waals surface area contributed by atoms with Gasteiger partial charge in [0.1, 0.15) is 0 Å². The molecule has 2 heterocycles. The number of nitrogens with one attached hydrogen (secondary N) is 1. The largest absolute Gasteiger partial charge is 0.381 e. The van der Waals surface area contributed by atoms with Gasteiger partial charge in [0.2, 0.25) is 0 Å². The van der Waals surface area contributed by atoms with Gasteiger partial charge in [0, 0.05) is 57.6 Å². The van der Waals surface area contributed by atoms with Crippen molar-refractivity contribution in [3.05, 3.63) is 128 Å². The van der Waals surface area contributed by atoms with Crippen LogP contribution in [0.5, 0.6) is 0 Å². The smallest absolute Gasteiger partial charge is 0.0550 e. The summed E-state index contributed by atoms with van der Waals surface area (Å²) in [6.45, 7) is 4.60. The van der Waals surface area contributed by atoms with E-state index in [1.165, 1.54) is 55.7 Å². The van der Waals surface area contributed by atoms with E-state index >= 15 is 0 Å². The molecular weight excluding hydrogens is 522 g/mol. The van der Waals surface area contributed by atoms with Crippen LogP contribution in [0.2, 0.25) is 0 Å². The SMILES string of the molecule is CC(C)C1=CCCC(N(C)C2=CC3C4=C(CCC(C5=Cc6c(n(-c7ccccc7)c7c6=CCCC=7)CC5)=C4)NC3C=C2)=C1. The minimum Gasteiger partial charge on any atom is -0.381 e. The summed E-state index contributed by atoms with van der Waals surface area (Å²) in [6.07, 6.45) is 31.1. The number of rotatable bonds is 5. The zero-order chi connectivity index (χ0) is 29.1. The van der Waals surface area contributed by atoms with E-state index in [2.05, 4.69) is 121 Å². The molecule has 3 heteroatoms. The summed E-state index contributed by atoms with van der Waals surface area (Å²) in [5.74, 6) is 0.969. The first-order chi connectivity index (χ1) is 21.0. The van der Waals surface area contributed by atoms with Gasteiger partial charge in [0.15, 0.2) is 0 Å². The van der Waals surface area contributed by atoms with Gasteiger partial charge < -0.3 is 14.8 Å². The molecule has 1 aromatic heterocycles. The highest BCUT2D eigenvalue weighted by atomic mass is 15.1. The van der Waals surface area contributed by atoms with Crippen molar-refractivity contribution >= 4 is 18.2 Å². The molecular formula is C40H43N3. The third-order valence-electron chi connectivity index (χ3n) is 10.4. The van der Waals surface area contributed by atoms with Gasteiger partial charge in [-0.1, -0.05) is 68.5 Å². The highest BCUT2D eigenvalue weighted by Gasteiger charge is 2.35. The van der Waals surface area contributed by atoms with Crippen molar-refractivity contribution in [2.45, 2.75) is 71.3 Å². The number of hydrogen-bond acceptors (Lipinski definition) is 2. The first-order valence-electron chi connectivity index (χ1n) is 16.5. The Morgan fingerprint density at radius 1 is 0.860 bits per heavy atom. The van der Waals surface area contributed by atoms with Crippen LogP contribution in [-0.2, 0) is 6.42 Å². The Balaban J connectivity index is 1.12. The summed E-state index contributed by atoms with van der Waals surface area (Å²) in [4.78, 5) is 2.44. The molecule has 1 aliphatic heterocycles. The van der Waals surface area contributed by atoms with Gasteiger partial charge in [0.25, 0.3) is 0 Å². The Bertz CT molecular complexity index is 1830. The van der Waals surface area contributed by atoms with Gasteiger partial charge in [-0.3, -0.25) is 0 Å². The first kappa shape index (κ1) is 26.6. The summed E-state index contributed by atoms with van der Waals surface area (Å²) in [7, 11) is 2.26. The van der Waals surface area contributed by atoms with E-state index < -0.39 is 0 Å². The molecule has 1 aromatic carbocycles. The van der Waals surface area contributed by atoms with Crippen molar-refractivity contribution in [2.75, 3.05) is 7.05 Å². The Kier molecular flexibility index (Phi) is 6.58. The van der Waals surface area contributed by atoms with Crippen LogP contribution in [0, 0.1) is 11.8 Å². The molecule has 0 saturated carbocycles. The average Bonchev–Trinajstić information content (AvgIpc) is 3.59. The predicted molar refractivity (Wildman–Crippen MR) is 179 cm³/mol. The lowest BCUT2D eigenvalue weighted by Crippen LogP contribution is -2.31. The second kappa shape index (κ2) is 10.6. The van der Waals surface area contributed by atoms with Gasteiger partial charge in [-0.25, -0.2) is 0 Å². The fourth-order valence-corrected chi connectivity index (χ4v) is 8.09. The number of allylic oxidation sites excluding steroid dienone is 9. The normalized spacial score (nSPS) is 23.8. The molecule has 2 unspecified atom stereocenters. The first-order valence-corrected chi connectivity index (χ1v) is 16.5. The Morgan fingerprint density at radius 3 is 2.53 bits per heavy atom. The average molecular weight is 566 g/mol. The lowest BCUT2D eigenvalue weighted by Gasteiger charge is -2.31. The number of hydrogen-bond donors (Lipinski definition) is 1. The van der Waals surface area contributed by atoms with Crippen molar-refractivity contribution in [1.82, 2.24) is 14.8 Å². The molecule has 0 amide bonds. The highest BCUT2D eigenvalue weighted by molar-refractivity contribution is 5.68. The number of fused-ring (bicyclic) bond motifs is 5. The lowest BCUT2D eigenvalue weighted by molar-refractivity contribution is 0.486. The zero-order valence-corrected chi connectivity index (χ0v) is 25.9. The molecule has 2 aromatic rings. The third-order valence-corrected chi connectivity index (χ3v) is 10.4. The van der Waals surface area contributed by atoms with Crippen molar-refractivity contribution in [1.29, 1.82) is 0 Å². The van der Waals surface area contributed by atoms with Gasteiger partial charge in [-0.2, -0.15) is 0 Å². The maximum atomic E-state index is 3.89. The molecule has 218 valence electrons. The Labute approximate surface area is 256 Å². The van der Waals surface area contributed by atoms with E-state index in [-0.39, 0.29) is 0 Å². The summed E-state index contributed by atoms with van der Waals surface area (Å²) < 4.78 is 2.54. The van der Waals surface area contributed by atoms with E-state index in [0.717, 1.165) is 51.4 Å².